The highest BCUT2D eigenvalue weighted by Crippen LogP contribution is 2.23. The quantitative estimate of drug-likeness (QED) is 0.455. The first kappa shape index (κ1) is 24.1. The summed E-state index contributed by atoms with van der Waals surface area (Å²) >= 11 is 13.3. The van der Waals surface area contributed by atoms with Crippen LogP contribution in [-0.4, -0.2) is 32.3 Å². The van der Waals surface area contributed by atoms with Crippen molar-refractivity contribution in [1.29, 1.82) is 0 Å². The number of aromatic nitrogens is 3. The van der Waals surface area contributed by atoms with Crippen LogP contribution in [0.3, 0.4) is 0 Å². The molecule has 168 valence electrons. The van der Waals surface area contributed by atoms with Crippen molar-refractivity contribution >= 4 is 52.5 Å². The van der Waals surface area contributed by atoms with Gasteiger partial charge in [-0.2, -0.15) is 0 Å². The summed E-state index contributed by atoms with van der Waals surface area (Å²) in [5.41, 5.74) is 3.26. The molecule has 7 nitrogen and oxygen atoms in total. The van der Waals surface area contributed by atoms with E-state index in [1.165, 1.54) is 17.8 Å². The van der Waals surface area contributed by atoms with Crippen LogP contribution < -0.4 is 10.6 Å². The van der Waals surface area contributed by atoms with Gasteiger partial charge in [0.1, 0.15) is 0 Å². The first-order valence-electron chi connectivity index (χ1n) is 9.80. The standard InChI is InChI=1S/C22H23Cl2N5O2S/c1-12-7-13(2)9-16(8-12)26-19(30)11-32-22-28-27-20(29(22)4)14(3)25-21(31)17-6-5-15(23)10-18(17)24/h5-10,14H,11H2,1-4H3,(H,25,31)(H,26,30)/t14-/m0/s1. The van der Waals surface area contributed by atoms with Crippen LogP contribution in [0.15, 0.2) is 41.6 Å². The lowest BCUT2D eigenvalue weighted by Gasteiger charge is -2.14. The van der Waals surface area contributed by atoms with Gasteiger partial charge in [-0.1, -0.05) is 41.0 Å². The summed E-state index contributed by atoms with van der Waals surface area (Å²) in [5, 5.41) is 15.4. The molecule has 0 bridgehead atoms. The lowest BCUT2D eigenvalue weighted by atomic mass is 10.1. The highest BCUT2D eigenvalue weighted by atomic mass is 35.5. The Balaban J connectivity index is 1.60. The van der Waals surface area contributed by atoms with Gasteiger partial charge in [-0.25, -0.2) is 0 Å². The van der Waals surface area contributed by atoms with Crippen LogP contribution >= 0.6 is 35.0 Å². The molecule has 2 amide bonds. The molecule has 3 rings (SSSR count). The van der Waals surface area contributed by atoms with Crippen LogP contribution in [0.25, 0.3) is 0 Å². The molecule has 0 fully saturated rings. The summed E-state index contributed by atoms with van der Waals surface area (Å²) in [6.07, 6.45) is 0. The minimum Gasteiger partial charge on any atom is -0.342 e. The highest BCUT2D eigenvalue weighted by molar-refractivity contribution is 7.99. The number of carbonyl (C=O) groups is 2. The van der Waals surface area contributed by atoms with E-state index in [1.807, 2.05) is 32.0 Å². The Kier molecular flexibility index (Phi) is 7.82. The number of nitrogens with zero attached hydrogens (tertiary/aromatic N) is 3. The van der Waals surface area contributed by atoms with Gasteiger partial charge in [-0.15, -0.1) is 10.2 Å². The summed E-state index contributed by atoms with van der Waals surface area (Å²) in [7, 11) is 1.79. The molecule has 0 aliphatic carbocycles. The SMILES string of the molecule is Cc1cc(C)cc(NC(=O)CSc2nnc([C@H](C)NC(=O)c3ccc(Cl)cc3Cl)n2C)c1. The molecule has 1 aromatic heterocycles. The molecule has 10 heteroatoms. The Labute approximate surface area is 200 Å². The average molecular weight is 492 g/mol. The van der Waals surface area contributed by atoms with Gasteiger partial charge < -0.3 is 15.2 Å². The van der Waals surface area contributed by atoms with E-state index >= 15 is 0 Å². The summed E-state index contributed by atoms with van der Waals surface area (Å²) in [5.74, 6) is 0.258. The number of hydrogen-bond donors (Lipinski definition) is 2. The number of amides is 2. The zero-order valence-electron chi connectivity index (χ0n) is 18.1. The average Bonchev–Trinajstić information content (AvgIpc) is 3.06. The van der Waals surface area contributed by atoms with Gasteiger partial charge >= 0.3 is 0 Å². The van der Waals surface area contributed by atoms with Crippen molar-refractivity contribution in [3.05, 3.63) is 69.0 Å². The van der Waals surface area contributed by atoms with Crippen LogP contribution in [0.4, 0.5) is 5.69 Å². The smallest absolute Gasteiger partial charge is 0.253 e. The van der Waals surface area contributed by atoms with Crippen molar-refractivity contribution in [2.24, 2.45) is 7.05 Å². The van der Waals surface area contributed by atoms with E-state index in [4.69, 9.17) is 23.2 Å². The van der Waals surface area contributed by atoms with E-state index in [9.17, 15) is 9.59 Å². The van der Waals surface area contributed by atoms with Gasteiger partial charge in [0.15, 0.2) is 11.0 Å². The fourth-order valence-electron chi connectivity index (χ4n) is 3.22. The van der Waals surface area contributed by atoms with Crippen LogP contribution in [0.1, 0.15) is 40.3 Å². The van der Waals surface area contributed by atoms with Gasteiger partial charge in [0.25, 0.3) is 5.91 Å². The Morgan fingerprint density at radius 1 is 1.09 bits per heavy atom. The normalized spacial score (nSPS) is 11.8. The van der Waals surface area contributed by atoms with Crippen molar-refractivity contribution in [2.45, 2.75) is 32.0 Å². The Bertz CT molecular complexity index is 1140. The molecule has 2 aromatic carbocycles. The molecular weight excluding hydrogens is 469 g/mol. The molecule has 32 heavy (non-hydrogen) atoms. The van der Waals surface area contributed by atoms with Crippen LogP contribution in [-0.2, 0) is 11.8 Å². The molecule has 2 N–H and O–H groups in total. The number of halogens is 2. The number of rotatable bonds is 7. The van der Waals surface area contributed by atoms with Gasteiger partial charge in [-0.05, 0) is 62.2 Å². The maximum Gasteiger partial charge on any atom is 0.253 e. The largest absolute Gasteiger partial charge is 0.342 e. The monoisotopic (exact) mass is 491 g/mol. The van der Waals surface area contributed by atoms with E-state index in [1.54, 1.807) is 30.7 Å². The maximum atomic E-state index is 12.6. The van der Waals surface area contributed by atoms with Crippen LogP contribution in [0.2, 0.25) is 10.0 Å². The maximum absolute atomic E-state index is 12.6. The summed E-state index contributed by atoms with van der Waals surface area (Å²) in [6.45, 7) is 5.77. The second-order valence-electron chi connectivity index (χ2n) is 7.43. The highest BCUT2D eigenvalue weighted by Gasteiger charge is 2.20. The molecule has 0 radical (unpaired) electrons. The van der Waals surface area contributed by atoms with Crippen molar-refractivity contribution in [3.63, 3.8) is 0 Å². The van der Waals surface area contributed by atoms with Crippen molar-refractivity contribution in [3.8, 4) is 0 Å². The number of thioether (sulfide) groups is 1. The number of anilines is 1. The molecule has 0 spiro atoms. The predicted octanol–water partition coefficient (Wildman–Crippen LogP) is 4.96. The third-order valence-corrected chi connectivity index (χ3v) is 6.19. The molecular formula is C22H23Cl2N5O2S. The summed E-state index contributed by atoms with van der Waals surface area (Å²) < 4.78 is 1.75. The molecule has 0 aliphatic rings. The topological polar surface area (TPSA) is 88.9 Å². The molecule has 1 atom stereocenters. The van der Waals surface area contributed by atoms with Gasteiger partial charge in [0, 0.05) is 17.8 Å². The van der Waals surface area contributed by atoms with Gasteiger partial charge in [-0.3, -0.25) is 9.59 Å². The van der Waals surface area contributed by atoms with Crippen molar-refractivity contribution in [1.82, 2.24) is 20.1 Å². The fourth-order valence-corrected chi connectivity index (χ4v) is 4.43. The second kappa shape index (κ2) is 10.4. The number of hydrogen-bond acceptors (Lipinski definition) is 5. The van der Waals surface area contributed by atoms with Crippen LogP contribution in [0.5, 0.6) is 0 Å². The number of carbonyl (C=O) groups excluding carboxylic acids is 2. The van der Waals surface area contributed by atoms with E-state index in [0.717, 1.165) is 16.8 Å². The van der Waals surface area contributed by atoms with Crippen molar-refractivity contribution < 1.29 is 9.59 Å². The van der Waals surface area contributed by atoms with Gasteiger partial charge in [0.2, 0.25) is 5.91 Å². The third-order valence-electron chi connectivity index (χ3n) is 4.62. The summed E-state index contributed by atoms with van der Waals surface area (Å²) in [6, 6.07) is 10.2. The first-order valence-corrected chi connectivity index (χ1v) is 11.5. The number of benzene rings is 2. The Morgan fingerprint density at radius 2 is 1.78 bits per heavy atom. The molecule has 0 unspecified atom stereocenters. The first-order chi connectivity index (χ1) is 15.1. The second-order valence-corrected chi connectivity index (χ2v) is 9.22. The van der Waals surface area contributed by atoms with E-state index < -0.39 is 6.04 Å². The number of nitrogens with one attached hydrogen (secondary N) is 2. The molecule has 0 aliphatic heterocycles. The third kappa shape index (κ3) is 6.03. The van der Waals surface area contributed by atoms with Gasteiger partial charge in [0.05, 0.1) is 22.4 Å². The lowest BCUT2D eigenvalue weighted by molar-refractivity contribution is -0.113. The van der Waals surface area contributed by atoms with E-state index in [2.05, 4.69) is 20.8 Å². The predicted molar refractivity (Wildman–Crippen MR) is 129 cm³/mol. The molecule has 0 saturated carbocycles. The number of aryl methyl sites for hydroxylation is 2. The van der Waals surface area contributed by atoms with E-state index in [0.29, 0.717) is 21.6 Å². The molecule has 1 heterocycles. The van der Waals surface area contributed by atoms with E-state index in [-0.39, 0.29) is 22.6 Å². The summed E-state index contributed by atoms with van der Waals surface area (Å²) in [4.78, 5) is 24.9. The lowest BCUT2D eigenvalue weighted by Crippen LogP contribution is -2.28. The molecule has 0 saturated heterocycles. The Hall–Kier alpha value is -2.55. The minimum absolute atomic E-state index is 0.136. The fraction of sp³-hybridized carbons (Fsp3) is 0.273. The zero-order valence-corrected chi connectivity index (χ0v) is 20.4. The minimum atomic E-state index is -0.426. The van der Waals surface area contributed by atoms with Crippen molar-refractivity contribution in [2.75, 3.05) is 11.1 Å². The Morgan fingerprint density at radius 3 is 2.44 bits per heavy atom. The molecule has 3 aromatic rings. The zero-order chi connectivity index (χ0) is 23.4. The van der Waals surface area contributed by atoms with Crippen LogP contribution in [0, 0.1) is 13.8 Å².